The number of nitrogens with zero attached hydrogens (tertiary/aromatic N) is 2. The van der Waals surface area contributed by atoms with Crippen LogP contribution in [0.3, 0.4) is 0 Å². The summed E-state index contributed by atoms with van der Waals surface area (Å²) < 4.78 is 0. The van der Waals surface area contributed by atoms with Crippen molar-refractivity contribution >= 4 is 0 Å². The average Bonchev–Trinajstić information content (AvgIpc) is 2.38. The highest BCUT2D eigenvalue weighted by atomic mass is 15.3. The Morgan fingerprint density at radius 1 is 1.33 bits per heavy atom. The van der Waals surface area contributed by atoms with Gasteiger partial charge in [0.25, 0.3) is 0 Å². The van der Waals surface area contributed by atoms with Crippen molar-refractivity contribution in [2.24, 2.45) is 5.92 Å². The first kappa shape index (κ1) is 13.5. The second kappa shape index (κ2) is 5.81. The van der Waals surface area contributed by atoms with E-state index in [2.05, 4.69) is 55.0 Å². The molecular weight excluding hydrogens is 222 g/mol. The first-order valence-electron chi connectivity index (χ1n) is 6.99. The lowest BCUT2D eigenvalue weighted by atomic mass is 9.96. The molecule has 0 aliphatic carbocycles. The molecule has 2 rings (SSSR count). The summed E-state index contributed by atoms with van der Waals surface area (Å²) in [6.45, 7) is 11.3. The molecule has 0 bridgehead atoms. The van der Waals surface area contributed by atoms with Gasteiger partial charge in [-0.05, 0) is 31.9 Å². The Kier molecular flexibility index (Phi) is 4.36. The number of hydrogen-bond acceptors (Lipinski definition) is 3. The van der Waals surface area contributed by atoms with Crippen LogP contribution in [0.4, 0.5) is 0 Å². The van der Waals surface area contributed by atoms with Crippen LogP contribution in [0.15, 0.2) is 24.4 Å². The molecule has 3 unspecified atom stereocenters. The van der Waals surface area contributed by atoms with Gasteiger partial charge < -0.3 is 5.32 Å². The molecule has 18 heavy (non-hydrogen) atoms. The first-order valence-corrected chi connectivity index (χ1v) is 6.99. The van der Waals surface area contributed by atoms with Gasteiger partial charge in [-0.25, -0.2) is 0 Å². The molecular formula is C15H25N3. The molecule has 3 nitrogen and oxygen atoms in total. The third kappa shape index (κ3) is 2.90. The second-order valence-electron chi connectivity index (χ2n) is 5.75. The normalized spacial score (nSPS) is 27.4. The lowest BCUT2D eigenvalue weighted by Gasteiger charge is -2.44. The Morgan fingerprint density at radius 2 is 2.11 bits per heavy atom. The van der Waals surface area contributed by atoms with Crippen LogP contribution in [0.1, 0.15) is 39.4 Å². The third-order valence-corrected chi connectivity index (χ3v) is 3.97. The van der Waals surface area contributed by atoms with Crippen molar-refractivity contribution in [1.82, 2.24) is 15.2 Å². The smallest absolute Gasteiger partial charge is 0.0572 e. The van der Waals surface area contributed by atoms with Crippen LogP contribution >= 0.6 is 0 Å². The quantitative estimate of drug-likeness (QED) is 0.889. The van der Waals surface area contributed by atoms with Crippen LogP contribution < -0.4 is 5.32 Å². The number of piperazine rings is 1. The summed E-state index contributed by atoms with van der Waals surface area (Å²) >= 11 is 0. The number of nitrogens with one attached hydrogen (secondary N) is 1. The minimum atomic E-state index is 0.392. The zero-order valence-corrected chi connectivity index (χ0v) is 11.9. The van der Waals surface area contributed by atoms with Crippen molar-refractivity contribution in [2.75, 3.05) is 13.1 Å². The van der Waals surface area contributed by atoms with Crippen LogP contribution in [0.25, 0.3) is 0 Å². The van der Waals surface area contributed by atoms with Crippen molar-refractivity contribution in [3.63, 3.8) is 0 Å². The minimum Gasteiger partial charge on any atom is -0.311 e. The molecule has 0 spiro atoms. The lowest BCUT2D eigenvalue weighted by Crippen LogP contribution is -2.57. The van der Waals surface area contributed by atoms with Gasteiger partial charge in [0.2, 0.25) is 0 Å². The van der Waals surface area contributed by atoms with E-state index in [1.807, 2.05) is 12.3 Å². The minimum absolute atomic E-state index is 0.392. The summed E-state index contributed by atoms with van der Waals surface area (Å²) in [5, 5.41) is 3.59. The number of hydrogen-bond donors (Lipinski definition) is 1. The molecule has 1 N–H and O–H groups in total. The highest BCUT2D eigenvalue weighted by molar-refractivity contribution is 5.09. The largest absolute Gasteiger partial charge is 0.311 e. The van der Waals surface area contributed by atoms with Gasteiger partial charge in [-0.3, -0.25) is 9.88 Å². The zero-order chi connectivity index (χ0) is 13.1. The van der Waals surface area contributed by atoms with E-state index in [-0.39, 0.29) is 0 Å². The number of rotatable bonds is 3. The molecule has 0 amide bonds. The summed E-state index contributed by atoms with van der Waals surface area (Å²) in [5.74, 6) is 0.663. The van der Waals surface area contributed by atoms with Gasteiger partial charge in [0.05, 0.1) is 5.69 Å². The van der Waals surface area contributed by atoms with Gasteiger partial charge in [0, 0.05) is 37.4 Å². The molecule has 0 saturated carbocycles. The number of aromatic nitrogens is 1. The van der Waals surface area contributed by atoms with Crippen LogP contribution in [-0.2, 0) is 0 Å². The molecule has 0 radical (unpaired) electrons. The fourth-order valence-electron chi connectivity index (χ4n) is 2.81. The van der Waals surface area contributed by atoms with Gasteiger partial charge in [0.15, 0.2) is 0 Å². The Balaban J connectivity index is 2.17. The summed E-state index contributed by atoms with van der Waals surface area (Å²) in [4.78, 5) is 7.12. The molecule has 0 aromatic carbocycles. The second-order valence-corrected chi connectivity index (χ2v) is 5.75. The van der Waals surface area contributed by atoms with Crippen molar-refractivity contribution in [1.29, 1.82) is 0 Å². The van der Waals surface area contributed by atoms with Gasteiger partial charge in [-0.15, -0.1) is 0 Å². The highest BCUT2D eigenvalue weighted by Crippen LogP contribution is 2.26. The van der Waals surface area contributed by atoms with E-state index >= 15 is 0 Å². The van der Waals surface area contributed by atoms with E-state index in [0.717, 1.165) is 13.1 Å². The van der Waals surface area contributed by atoms with Crippen molar-refractivity contribution in [3.8, 4) is 0 Å². The predicted octanol–water partition coefficient (Wildman–Crippen LogP) is 2.46. The molecule has 1 aliphatic rings. The number of pyridine rings is 1. The predicted molar refractivity (Wildman–Crippen MR) is 75.4 cm³/mol. The standard InChI is InChI=1S/C15H25N3/c1-11(2)15-9-17-12(3)10-18(15)13(4)14-7-5-6-8-16-14/h5-8,11-13,15,17H,9-10H2,1-4H3. The molecule has 1 aromatic rings. The molecule has 2 heterocycles. The van der Waals surface area contributed by atoms with E-state index in [1.54, 1.807) is 0 Å². The zero-order valence-electron chi connectivity index (χ0n) is 11.9. The molecule has 3 atom stereocenters. The SMILES string of the molecule is CC1CN(C(C)c2ccccn2)C(C(C)C)CN1. The fourth-order valence-corrected chi connectivity index (χ4v) is 2.81. The van der Waals surface area contributed by atoms with Crippen molar-refractivity contribution in [2.45, 2.75) is 45.8 Å². The van der Waals surface area contributed by atoms with E-state index in [4.69, 9.17) is 0 Å². The fraction of sp³-hybridized carbons (Fsp3) is 0.667. The van der Waals surface area contributed by atoms with Crippen LogP contribution in [0.5, 0.6) is 0 Å². The Bertz CT molecular complexity index is 363. The summed E-state index contributed by atoms with van der Waals surface area (Å²) in [6, 6.07) is 7.74. The van der Waals surface area contributed by atoms with E-state index in [0.29, 0.717) is 24.0 Å². The highest BCUT2D eigenvalue weighted by Gasteiger charge is 2.32. The molecule has 3 heteroatoms. The van der Waals surface area contributed by atoms with E-state index in [9.17, 15) is 0 Å². The van der Waals surface area contributed by atoms with E-state index in [1.165, 1.54) is 5.69 Å². The lowest BCUT2D eigenvalue weighted by molar-refractivity contribution is 0.0641. The topological polar surface area (TPSA) is 28.2 Å². The van der Waals surface area contributed by atoms with Crippen molar-refractivity contribution < 1.29 is 0 Å². The van der Waals surface area contributed by atoms with Gasteiger partial charge in [-0.1, -0.05) is 19.9 Å². The first-order chi connectivity index (χ1) is 8.59. The van der Waals surface area contributed by atoms with E-state index < -0.39 is 0 Å². The maximum Gasteiger partial charge on any atom is 0.0572 e. The van der Waals surface area contributed by atoms with Crippen LogP contribution in [0.2, 0.25) is 0 Å². The average molecular weight is 247 g/mol. The van der Waals surface area contributed by atoms with Gasteiger partial charge >= 0.3 is 0 Å². The molecule has 1 aromatic heterocycles. The molecule has 1 aliphatic heterocycles. The molecule has 100 valence electrons. The van der Waals surface area contributed by atoms with Gasteiger partial charge in [0.1, 0.15) is 0 Å². The van der Waals surface area contributed by atoms with Crippen LogP contribution in [-0.4, -0.2) is 35.1 Å². The summed E-state index contributed by atoms with van der Waals surface area (Å²) in [6.07, 6.45) is 1.89. The monoisotopic (exact) mass is 247 g/mol. The maximum atomic E-state index is 4.51. The van der Waals surface area contributed by atoms with Crippen molar-refractivity contribution in [3.05, 3.63) is 30.1 Å². The van der Waals surface area contributed by atoms with Gasteiger partial charge in [-0.2, -0.15) is 0 Å². The van der Waals surface area contributed by atoms with Crippen LogP contribution in [0, 0.1) is 5.92 Å². The maximum absolute atomic E-state index is 4.51. The Hall–Kier alpha value is -0.930. The summed E-state index contributed by atoms with van der Waals surface area (Å²) in [7, 11) is 0. The Labute approximate surface area is 111 Å². The molecule has 1 saturated heterocycles. The third-order valence-electron chi connectivity index (χ3n) is 3.97. The summed E-state index contributed by atoms with van der Waals surface area (Å²) in [5.41, 5.74) is 1.18. The Morgan fingerprint density at radius 3 is 2.72 bits per heavy atom. The molecule has 1 fully saturated rings.